The van der Waals surface area contributed by atoms with Gasteiger partial charge in [0.15, 0.2) is 0 Å². The second kappa shape index (κ2) is 5.52. The molecule has 0 amide bonds. The van der Waals surface area contributed by atoms with E-state index in [-0.39, 0.29) is 0 Å². The predicted octanol–water partition coefficient (Wildman–Crippen LogP) is 3.13. The molecule has 1 aromatic carbocycles. The molecular formula is C14H14OSi. The lowest BCUT2D eigenvalue weighted by molar-refractivity contribution is 0.552. The van der Waals surface area contributed by atoms with Crippen molar-refractivity contribution in [3.8, 4) is 0 Å². The molecule has 0 fully saturated rings. The van der Waals surface area contributed by atoms with Crippen LogP contribution in [0.1, 0.15) is 12.7 Å². The van der Waals surface area contributed by atoms with E-state index in [0.29, 0.717) is 0 Å². The zero-order valence-electron chi connectivity index (χ0n) is 9.31. The third-order valence-corrected chi connectivity index (χ3v) is 3.55. The Morgan fingerprint density at radius 1 is 1.19 bits per heavy atom. The molecule has 1 heterocycles. The molecule has 2 heteroatoms. The van der Waals surface area contributed by atoms with Crippen molar-refractivity contribution in [2.45, 2.75) is 13.0 Å². The Balaban J connectivity index is 1.90. The first kappa shape index (κ1) is 11.0. The molecule has 2 aromatic rings. The fourth-order valence-electron chi connectivity index (χ4n) is 1.48. The van der Waals surface area contributed by atoms with Gasteiger partial charge in [0.2, 0.25) is 0 Å². The molecule has 1 nitrogen and oxygen atoms in total. The summed E-state index contributed by atoms with van der Waals surface area (Å²) < 4.78 is 5.33. The Kier molecular flexibility index (Phi) is 3.78. The molecule has 0 saturated heterocycles. The first-order chi connectivity index (χ1) is 7.86. The highest BCUT2D eigenvalue weighted by Gasteiger charge is 1.97. The van der Waals surface area contributed by atoms with Gasteiger partial charge in [0.25, 0.3) is 0 Å². The maximum Gasteiger partial charge on any atom is 0.129 e. The Labute approximate surface area is 98.6 Å². The standard InChI is InChI=1S/C14H14OSi/c1-12(14-8-5-10-15-14)9-11-16-13-6-3-2-4-7-13/h2-10H,11H2,1H3/b12-9-. The van der Waals surface area contributed by atoms with E-state index < -0.39 is 0 Å². The van der Waals surface area contributed by atoms with Crippen LogP contribution in [0.2, 0.25) is 6.04 Å². The van der Waals surface area contributed by atoms with E-state index in [1.54, 1.807) is 6.26 Å². The molecule has 0 aliphatic heterocycles. The largest absolute Gasteiger partial charge is 0.465 e. The van der Waals surface area contributed by atoms with E-state index >= 15 is 0 Å². The van der Waals surface area contributed by atoms with Crippen molar-refractivity contribution in [2.75, 3.05) is 0 Å². The Morgan fingerprint density at radius 3 is 2.69 bits per heavy atom. The summed E-state index contributed by atoms with van der Waals surface area (Å²) in [5, 5.41) is 1.41. The van der Waals surface area contributed by atoms with Crippen LogP contribution in [0, 0.1) is 0 Å². The van der Waals surface area contributed by atoms with E-state index in [1.807, 2.05) is 12.1 Å². The van der Waals surface area contributed by atoms with Gasteiger partial charge in [-0.15, -0.1) is 0 Å². The monoisotopic (exact) mass is 226 g/mol. The van der Waals surface area contributed by atoms with Gasteiger partial charge < -0.3 is 4.42 Å². The summed E-state index contributed by atoms with van der Waals surface area (Å²) in [5.74, 6) is 0.970. The smallest absolute Gasteiger partial charge is 0.129 e. The Hall–Kier alpha value is -1.54. The van der Waals surface area contributed by atoms with Crippen LogP contribution >= 0.6 is 0 Å². The van der Waals surface area contributed by atoms with Gasteiger partial charge in [-0.3, -0.25) is 0 Å². The minimum absolute atomic E-state index is 0.834. The number of hydrogen-bond acceptors (Lipinski definition) is 1. The van der Waals surface area contributed by atoms with Crippen LogP contribution < -0.4 is 5.19 Å². The SMILES string of the molecule is C/C(=C/C[Si]c1ccccc1)c1ccco1. The average Bonchev–Trinajstić information content (AvgIpc) is 2.84. The molecule has 0 spiro atoms. The van der Waals surface area contributed by atoms with Gasteiger partial charge in [0, 0.05) is 0 Å². The summed E-state index contributed by atoms with van der Waals surface area (Å²) in [7, 11) is 0.834. The van der Waals surface area contributed by atoms with Crippen molar-refractivity contribution < 1.29 is 4.42 Å². The van der Waals surface area contributed by atoms with E-state index in [4.69, 9.17) is 4.42 Å². The fourth-order valence-corrected chi connectivity index (χ4v) is 2.55. The van der Waals surface area contributed by atoms with Crippen LogP contribution in [0.15, 0.2) is 59.2 Å². The van der Waals surface area contributed by atoms with Crippen LogP contribution in [0.25, 0.3) is 5.57 Å². The van der Waals surface area contributed by atoms with Crippen molar-refractivity contribution in [2.24, 2.45) is 0 Å². The van der Waals surface area contributed by atoms with Crippen LogP contribution in [-0.2, 0) is 0 Å². The zero-order chi connectivity index (χ0) is 11.2. The number of benzene rings is 1. The van der Waals surface area contributed by atoms with E-state index in [0.717, 1.165) is 21.3 Å². The number of furan rings is 1. The van der Waals surface area contributed by atoms with E-state index in [1.165, 1.54) is 10.8 Å². The fraction of sp³-hybridized carbons (Fsp3) is 0.143. The van der Waals surface area contributed by atoms with E-state index in [9.17, 15) is 0 Å². The quantitative estimate of drug-likeness (QED) is 0.730. The summed E-state index contributed by atoms with van der Waals surface area (Å²) in [6, 6.07) is 15.6. The molecule has 0 unspecified atom stereocenters. The van der Waals surface area contributed by atoms with Gasteiger partial charge in [-0.25, -0.2) is 0 Å². The van der Waals surface area contributed by atoms with E-state index in [2.05, 4.69) is 43.3 Å². The third-order valence-electron chi connectivity index (χ3n) is 2.40. The summed E-state index contributed by atoms with van der Waals surface area (Å²) >= 11 is 0. The lowest BCUT2D eigenvalue weighted by atomic mass is 10.2. The van der Waals surface area contributed by atoms with Crippen LogP contribution in [0.4, 0.5) is 0 Å². The lowest BCUT2D eigenvalue weighted by Crippen LogP contribution is -2.11. The zero-order valence-corrected chi connectivity index (χ0v) is 10.3. The van der Waals surface area contributed by atoms with Crippen molar-refractivity contribution in [3.05, 3.63) is 60.6 Å². The van der Waals surface area contributed by atoms with Crippen LogP contribution in [-0.4, -0.2) is 9.52 Å². The minimum Gasteiger partial charge on any atom is -0.465 e. The number of hydrogen-bond donors (Lipinski definition) is 0. The van der Waals surface area contributed by atoms with Gasteiger partial charge in [-0.1, -0.05) is 41.6 Å². The van der Waals surface area contributed by atoms with Gasteiger partial charge in [0.1, 0.15) is 5.76 Å². The van der Waals surface area contributed by atoms with Crippen LogP contribution in [0.5, 0.6) is 0 Å². The first-order valence-electron chi connectivity index (χ1n) is 5.36. The molecule has 0 saturated carbocycles. The average molecular weight is 226 g/mol. The van der Waals surface area contributed by atoms with Crippen LogP contribution in [0.3, 0.4) is 0 Å². The molecule has 2 radical (unpaired) electrons. The number of rotatable bonds is 4. The molecule has 1 aromatic heterocycles. The second-order valence-electron chi connectivity index (χ2n) is 3.61. The Bertz CT molecular complexity index is 443. The molecule has 80 valence electrons. The summed E-state index contributed by atoms with van der Waals surface area (Å²) in [5.41, 5.74) is 1.22. The van der Waals surface area contributed by atoms with Crippen molar-refractivity contribution >= 4 is 20.3 Å². The topological polar surface area (TPSA) is 13.1 Å². The molecule has 0 N–H and O–H groups in total. The predicted molar refractivity (Wildman–Crippen MR) is 69.0 cm³/mol. The van der Waals surface area contributed by atoms with Crippen molar-refractivity contribution in [1.82, 2.24) is 0 Å². The minimum atomic E-state index is 0.834. The number of allylic oxidation sites excluding steroid dienone is 2. The first-order valence-corrected chi connectivity index (χ1v) is 6.56. The summed E-state index contributed by atoms with van der Waals surface area (Å²) in [4.78, 5) is 0. The van der Waals surface area contributed by atoms with Gasteiger partial charge >= 0.3 is 0 Å². The van der Waals surface area contributed by atoms with Gasteiger partial charge in [-0.2, -0.15) is 0 Å². The molecular weight excluding hydrogens is 212 g/mol. The second-order valence-corrected chi connectivity index (χ2v) is 4.95. The molecule has 0 aliphatic rings. The van der Waals surface area contributed by atoms with Crippen molar-refractivity contribution in [1.29, 1.82) is 0 Å². The Morgan fingerprint density at radius 2 is 2.00 bits per heavy atom. The molecule has 0 bridgehead atoms. The highest BCUT2D eigenvalue weighted by Crippen LogP contribution is 2.14. The molecule has 0 aliphatic carbocycles. The highest BCUT2D eigenvalue weighted by atomic mass is 28.2. The maximum absolute atomic E-state index is 5.33. The van der Waals surface area contributed by atoms with Gasteiger partial charge in [-0.05, 0) is 30.7 Å². The highest BCUT2D eigenvalue weighted by molar-refractivity contribution is 6.53. The van der Waals surface area contributed by atoms with Crippen molar-refractivity contribution in [3.63, 3.8) is 0 Å². The molecule has 0 atom stereocenters. The normalized spacial score (nSPS) is 11.7. The maximum atomic E-state index is 5.33. The summed E-state index contributed by atoms with van der Waals surface area (Å²) in [6.07, 6.45) is 3.95. The lowest BCUT2D eigenvalue weighted by Gasteiger charge is -1.97. The summed E-state index contributed by atoms with van der Waals surface area (Å²) in [6.45, 7) is 2.09. The third kappa shape index (κ3) is 2.97. The molecule has 2 rings (SSSR count). The molecule has 16 heavy (non-hydrogen) atoms. The van der Waals surface area contributed by atoms with Gasteiger partial charge in [0.05, 0.1) is 15.8 Å².